The number of anilines is 1. The molecule has 1 aliphatic rings. The van der Waals surface area contributed by atoms with E-state index in [4.69, 9.17) is 32.2 Å². The first-order valence-corrected chi connectivity index (χ1v) is 12.6. The van der Waals surface area contributed by atoms with Crippen LogP contribution < -0.4 is 24.4 Å². The van der Waals surface area contributed by atoms with Gasteiger partial charge in [0.2, 0.25) is 0 Å². The van der Waals surface area contributed by atoms with Crippen molar-refractivity contribution in [2.24, 2.45) is 0 Å². The number of nitrogens with one attached hydrogen (secondary N) is 1. The van der Waals surface area contributed by atoms with E-state index in [0.29, 0.717) is 38.0 Å². The third-order valence-corrected chi connectivity index (χ3v) is 6.43. The second-order valence-corrected chi connectivity index (χ2v) is 9.49. The molecular formula is C28H20ClIN2O6. The average molecular weight is 643 g/mol. The van der Waals surface area contributed by atoms with E-state index in [-0.39, 0.29) is 17.9 Å². The van der Waals surface area contributed by atoms with Gasteiger partial charge in [0.1, 0.15) is 24.5 Å². The van der Waals surface area contributed by atoms with E-state index >= 15 is 0 Å². The Labute approximate surface area is 237 Å². The van der Waals surface area contributed by atoms with Gasteiger partial charge in [-0.05, 0) is 88.3 Å². The molecule has 192 valence electrons. The number of terminal acetylenes is 1. The number of carbonyl (C=O) groups excluding carboxylic acids is 3. The summed E-state index contributed by atoms with van der Waals surface area (Å²) < 4.78 is 17.3. The lowest BCUT2D eigenvalue weighted by Gasteiger charge is -2.26. The van der Waals surface area contributed by atoms with Gasteiger partial charge >= 0.3 is 6.03 Å². The molecule has 1 saturated heterocycles. The summed E-state index contributed by atoms with van der Waals surface area (Å²) in [5.74, 6) is 2.18. The van der Waals surface area contributed by atoms with Crippen LogP contribution in [-0.4, -0.2) is 31.6 Å². The Kier molecular flexibility index (Phi) is 8.55. The largest absolute Gasteiger partial charge is 0.493 e. The van der Waals surface area contributed by atoms with Crippen molar-refractivity contribution in [3.8, 4) is 29.6 Å². The Morgan fingerprint density at radius 3 is 2.42 bits per heavy atom. The van der Waals surface area contributed by atoms with Crippen molar-refractivity contribution in [2.45, 2.75) is 6.61 Å². The molecule has 10 heteroatoms. The topological polar surface area (TPSA) is 94.2 Å². The summed E-state index contributed by atoms with van der Waals surface area (Å²) in [4.78, 5) is 39.3. The highest BCUT2D eigenvalue weighted by atomic mass is 127. The van der Waals surface area contributed by atoms with E-state index in [9.17, 15) is 14.4 Å². The van der Waals surface area contributed by atoms with Crippen LogP contribution in [0.3, 0.4) is 0 Å². The highest BCUT2D eigenvalue weighted by molar-refractivity contribution is 14.1. The zero-order valence-electron chi connectivity index (χ0n) is 20.0. The zero-order valence-corrected chi connectivity index (χ0v) is 22.9. The number of hydrogen-bond acceptors (Lipinski definition) is 6. The number of nitrogens with zero attached hydrogens (tertiary/aromatic N) is 1. The van der Waals surface area contributed by atoms with Gasteiger partial charge in [0.25, 0.3) is 11.8 Å². The molecule has 3 aromatic carbocycles. The van der Waals surface area contributed by atoms with Gasteiger partial charge in [0.05, 0.1) is 16.4 Å². The Morgan fingerprint density at radius 2 is 1.76 bits per heavy atom. The predicted octanol–water partition coefficient (Wildman–Crippen LogP) is 5.21. The summed E-state index contributed by atoms with van der Waals surface area (Å²) in [5, 5.41) is 2.85. The van der Waals surface area contributed by atoms with Gasteiger partial charge in [-0.15, -0.1) is 6.42 Å². The summed E-state index contributed by atoms with van der Waals surface area (Å²) in [6.07, 6.45) is 6.66. The molecule has 1 heterocycles. The molecule has 1 N–H and O–H groups in total. The van der Waals surface area contributed by atoms with E-state index in [1.54, 1.807) is 48.5 Å². The molecule has 0 atom stereocenters. The number of amides is 4. The molecule has 0 spiro atoms. The summed E-state index contributed by atoms with van der Waals surface area (Å²) in [6.45, 7) is 0.367. The lowest BCUT2D eigenvalue weighted by molar-refractivity contribution is -0.122. The summed E-state index contributed by atoms with van der Waals surface area (Å²) in [6, 6.07) is 16.1. The molecule has 8 nitrogen and oxygen atoms in total. The first-order chi connectivity index (χ1) is 18.3. The minimum absolute atomic E-state index is 0.0513. The molecule has 0 radical (unpaired) electrons. The molecule has 0 unspecified atom stereocenters. The van der Waals surface area contributed by atoms with Gasteiger partial charge in [-0.3, -0.25) is 14.9 Å². The summed E-state index contributed by atoms with van der Waals surface area (Å²) in [7, 11) is 1.47. The third kappa shape index (κ3) is 6.10. The minimum Gasteiger partial charge on any atom is -0.493 e. The van der Waals surface area contributed by atoms with Gasteiger partial charge in [-0.1, -0.05) is 29.7 Å². The van der Waals surface area contributed by atoms with Crippen molar-refractivity contribution < 1.29 is 28.6 Å². The smallest absolute Gasteiger partial charge is 0.335 e. The Hall–Kier alpha value is -4.01. The van der Waals surface area contributed by atoms with Crippen molar-refractivity contribution >= 4 is 63.8 Å². The molecule has 3 aromatic rings. The van der Waals surface area contributed by atoms with Gasteiger partial charge in [0.15, 0.2) is 11.5 Å². The van der Waals surface area contributed by atoms with Crippen LogP contribution in [0.1, 0.15) is 11.1 Å². The van der Waals surface area contributed by atoms with E-state index in [1.165, 1.54) is 13.2 Å². The fourth-order valence-electron chi connectivity index (χ4n) is 3.57. The minimum atomic E-state index is -0.850. The maximum absolute atomic E-state index is 13.3. The molecular weight excluding hydrogens is 623 g/mol. The number of hydrogen-bond donors (Lipinski definition) is 1. The molecule has 1 fully saturated rings. The molecule has 0 saturated carbocycles. The fraction of sp³-hybridized carbons (Fsp3) is 0.107. The van der Waals surface area contributed by atoms with Gasteiger partial charge < -0.3 is 14.2 Å². The van der Waals surface area contributed by atoms with Gasteiger partial charge in [0, 0.05) is 5.02 Å². The van der Waals surface area contributed by atoms with E-state index in [2.05, 4.69) is 11.2 Å². The van der Waals surface area contributed by atoms with Crippen LogP contribution in [0.15, 0.2) is 66.2 Å². The highest BCUT2D eigenvalue weighted by Gasteiger charge is 2.37. The number of imide groups is 2. The molecule has 0 aliphatic carbocycles. The maximum Gasteiger partial charge on any atom is 0.335 e. The Morgan fingerprint density at radius 1 is 1.05 bits per heavy atom. The van der Waals surface area contributed by atoms with Crippen LogP contribution in [0.25, 0.3) is 6.08 Å². The van der Waals surface area contributed by atoms with Crippen molar-refractivity contribution in [2.75, 3.05) is 18.6 Å². The maximum atomic E-state index is 13.3. The molecule has 0 bridgehead atoms. The fourth-order valence-corrected chi connectivity index (χ4v) is 4.48. The van der Waals surface area contributed by atoms with Crippen molar-refractivity contribution in [3.63, 3.8) is 0 Å². The lowest BCUT2D eigenvalue weighted by atomic mass is 10.1. The first-order valence-electron chi connectivity index (χ1n) is 11.1. The van der Waals surface area contributed by atoms with E-state index in [0.717, 1.165) is 10.5 Å². The molecule has 0 aromatic heterocycles. The van der Waals surface area contributed by atoms with Gasteiger partial charge in [-0.25, -0.2) is 9.69 Å². The van der Waals surface area contributed by atoms with E-state index in [1.807, 2.05) is 34.7 Å². The zero-order chi connectivity index (χ0) is 27.2. The Bertz CT molecular complexity index is 1460. The standard InChI is InChI=1S/C28H20ClIN2O6/c1-3-12-37-25-23(30)14-18(15-24(25)36-2)13-22-26(33)31-28(35)32(27(22)34)20-8-10-21(11-9-20)38-16-17-4-6-19(29)7-5-17/h1,4-11,13-15H,12,16H2,2H3,(H,31,33,35)/b22-13+. The number of methoxy groups -OCH3 is 1. The summed E-state index contributed by atoms with van der Waals surface area (Å²) in [5.41, 5.74) is 1.48. The van der Waals surface area contributed by atoms with Crippen molar-refractivity contribution in [1.82, 2.24) is 5.32 Å². The number of barbiturate groups is 1. The quantitative estimate of drug-likeness (QED) is 0.157. The average Bonchev–Trinajstić information content (AvgIpc) is 2.90. The van der Waals surface area contributed by atoms with Crippen LogP contribution >= 0.6 is 34.2 Å². The SMILES string of the molecule is C#CCOc1c(I)cc(/C=C2\C(=O)NC(=O)N(c3ccc(OCc4ccc(Cl)cc4)cc3)C2=O)cc1OC. The first kappa shape index (κ1) is 27.0. The third-order valence-electron chi connectivity index (χ3n) is 5.38. The number of carbonyl (C=O) groups is 3. The number of benzene rings is 3. The second-order valence-electron chi connectivity index (χ2n) is 7.89. The number of halogens is 2. The van der Waals surface area contributed by atoms with Crippen LogP contribution in [0, 0.1) is 15.9 Å². The predicted molar refractivity (Wildman–Crippen MR) is 151 cm³/mol. The van der Waals surface area contributed by atoms with E-state index < -0.39 is 17.8 Å². The van der Waals surface area contributed by atoms with Crippen molar-refractivity contribution in [3.05, 3.63) is 86.0 Å². The summed E-state index contributed by atoms with van der Waals surface area (Å²) >= 11 is 7.94. The number of ether oxygens (including phenoxy) is 3. The van der Waals surface area contributed by atoms with Crippen LogP contribution in [-0.2, 0) is 16.2 Å². The molecule has 38 heavy (non-hydrogen) atoms. The number of urea groups is 1. The lowest BCUT2D eigenvalue weighted by Crippen LogP contribution is -2.54. The van der Waals surface area contributed by atoms with Crippen LogP contribution in [0.2, 0.25) is 5.02 Å². The normalized spacial score (nSPS) is 14.2. The van der Waals surface area contributed by atoms with Crippen LogP contribution in [0.4, 0.5) is 10.5 Å². The monoisotopic (exact) mass is 642 g/mol. The molecule has 4 amide bonds. The second kappa shape index (κ2) is 12.0. The molecule has 4 rings (SSSR count). The van der Waals surface area contributed by atoms with Gasteiger partial charge in [-0.2, -0.15) is 0 Å². The Balaban J connectivity index is 1.55. The van der Waals surface area contributed by atoms with Crippen molar-refractivity contribution in [1.29, 1.82) is 0 Å². The number of rotatable bonds is 8. The highest BCUT2D eigenvalue weighted by Crippen LogP contribution is 2.35. The molecule has 1 aliphatic heterocycles. The van der Waals surface area contributed by atoms with Crippen LogP contribution in [0.5, 0.6) is 17.2 Å².